The zero-order valence-electron chi connectivity index (χ0n) is 18.0. The number of carbonyl (C=O) groups excluding carboxylic acids is 1. The third-order valence-corrected chi connectivity index (χ3v) is 6.14. The monoisotopic (exact) mass is 429 g/mol. The minimum absolute atomic E-state index is 0.138. The van der Waals surface area contributed by atoms with Crippen LogP contribution in [0.25, 0.3) is 11.3 Å². The van der Waals surface area contributed by atoms with Gasteiger partial charge in [-0.15, -0.1) is 0 Å². The number of likely N-dealkylation sites (tertiary alicyclic amines) is 1. The van der Waals surface area contributed by atoms with Crippen molar-refractivity contribution < 1.29 is 9.53 Å². The molecule has 2 fully saturated rings. The van der Waals surface area contributed by atoms with Gasteiger partial charge in [0.15, 0.2) is 0 Å². The molecule has 1 aromatic carbocycles. The number of rotatable bonds is 5. The number of nitrogens with one attached hydrogen (secondary N) is 1. The van der Waals surface area contributed by atoms with Crippen molar-refractivity contribution in [3.8, 4) is 11.3 Å². The van der Waals surface area contributed by atoms with E-state index in [1.54, 1.807) is 12.4 Å². The molecule has 2 aliphatic rings. The highest BCUT2D eigenvalue weighted by atomic mass is 16.5. The maximum absolute atomic E-state index is 12.7. The van der Waals surface area contributed by atoms with Gasteiger partial charge in [0.05, 0.1) is 5.69 Å². The van der Waals surface area contributed by atoms with Gasteiger partial charge in [0.2, 0.25) is 0 Å². The van der Waals surface area contributed by atoms with Crippen molar-refractivity contribution in [3.05, 3.63) is 66.7 Å². The number of para-hydroxylation sites is 1. The number of amides is 1. The Morgan fingerprint density at radius 1 is 1.00 bits per heavy atom. The minimum atomic E-state index is -0.250. The zero-order chi connectivity index (χ0) is 21.8. The summed E-state index contributed by atoms with van der Waals surface area (Å²) in [5.74, 6) is 1.94. The summed E-state index contributed by atoms with van der Waals surface area (Å²) in [5, 5.41) is 3.41. The molecule has 0 bridgehead atoms. The first-order chi connectivity index (χ1) is 15.8. The van der Waals surface area contributed by atoms with Crippen LogP contribution >= 0.6 is 0 Å². The highest BCUT2D eigenvalue weighted by Gasteiger charge is 2.32. The second-order valence-corrected chi connectivity index (χ2v) is 8.32. The number of benzene rings is 1. The van der Waals surface area contributed by atoms with Crippen molar-refractivity contribution in [1.29, 1.82) is 0 Å². The summed E-state index contributed by atoms with van der Waals surface area (Å²) in [6.07, 6.45) is 6.81. The Labute approximate surface area is 187 Å². The maximum atomic E-state index is 12.7. The van der Waals surface area contributed by atoms with E-state index in [1.165, 1.54) is 0 Å². The normalized spacial score (nSPS) is 19.1. The molecule has 7 heteroatoms. The van der Waals surface area contributed by atoms with Gasteiger partial charge in [-0.1, -0.05) is 18.2 Å². The van der Waals surface area contributed by atoms with Gasteiger partial charge >= 0.3 is 0 Å². The smallest absolute Gasteiger partial charge is 0.251 e. The molecule has 2 saturated heterocycles. The first-order valence-electron chi connectivity index (χ1n) is 11.3. The molecular weight excluding hydrogens is 402 g/mol. The van der Waals surface area contributed by atoms with Gasteiger partial charge in [0.1, 0.15) is 17.7 Å². The zero-order valence-corrected chi connectivity index (χ0v) is 18.0. The molecule has 32 heavy (non-hydrogen) atoms. The highest BCUT2D eigenvalue weighted by molar-refractivity contribution is 5.81. The van der Waals surface area contributed by atoms with Crippen molar-refractivity contribution >= 4 is 17.4 Å². The maximum Gasteiger partial charge on any atom is 0.251 e. The van der Waals surface area contributed by atoms with Gasteiger partial charge in [0.25, 0.3) is 5.91 Å². The second-order valence-electron chi connectivity index (χ2n) is 8.32. The molecule has 1 N–H and O–H groups in total. The van der Waals surface area contributed by atoms with Crippen molar-refractivity contribution in [2.45, 2.75) is 37.7 Å². The van der Waals surface area contributed by atoms with E-state index in [4.69, 9.17) is 14.7 Å². The van der Waals surface area contributed by atoms with E-state index in [0.29, 0.717) is 19.7 Å². The molecule has 0 spiro atoms. The first kappa shape index (κ1) is 20.6. The summed E-state index contributed by atoms with van der Waals surface area (Å²) in [6.45, 7) is 2.13. The fourth-order valence-corrected chi connectivity index (χ4v) is 4.39. The SMILES string of the molecule is O=C([C@@H]1CCCO1)N1CCC(c2nc(Nc3ccccc3)cc(-c3ccncc3)n2)CC1. The van der Waals surface area contributed by atoms with E-state index in [-0.39, 0.29) is 17.9 Å². The summed E-state index contributed by atoms with van der Waals surface area (Å²) in [6, 6.07) is 15.9. The van der Waals surface area contributed by atoms with Gasteiger partial charge in [-0.2, -0.15) is 0 Å². The van der Waals surface area contributed by atoms with Gasteiger partial charge in [0, 0.05) is 55.3 Å². The van der Waals surface area contributed by atoms with Crippen LogP contribution in [0.1, 0.15) is 37.4 Å². The van der Waals surface area contributed by atoms with E-state index in [9.17, 15) is 4.79 Å². The largest absolute Gasteiger partial charge is 0.368 e. The topological polar surface area (TPSA) is 80.2 Å². The highest BCUT2D eigenvalue weighted by Crippen LogP contribution is 2.30. The lowest BCUT2D eigenvalue weighted by atomic mass is 9.95. The first-order valence-corrected chi connectivity index (χ1v) is 11.3. The van der Waals surface area contributed by atoms with Gasteiger partial charge < -0.3 is 15.0 Å². The predicted octanol–water partition coefficient (Wildman–Crippen LogP) is 4.17. The standard InChI is InChI=1S/C25H27N5O2/c31-25(22-7-4-16-32-22)30-14-10-19(11-15-30)24-28-21(18-8-12-26-13-9-18)17-23(29-24)27-20-5-2-1-3-6-20/h1-3,5-6,8-9,12-13,17,19,22H,4,7,10-11,14-16H2,(H,27,28,29)/t22-/m0/s1. The van der Waals surface area contributed by atoms with E-state index < -0.39 is 0 Å². The molecular formula is C25H27N5O2. The average molecular weight is 430 g/mol. The number of hydrogen-bond donors (Lipinski definition) is 1. The fraction of sp³-hybridized carbons (Fsp3) is 0.360. The molecule has 0 unspecified atom stereocenters. The van der Waals surface area contributed by atoms with Crippen LogP contribution in [0, 0.1) is 0 Å². The molecule has 4 heterocycles. The summed E-state index contributed by atoms with van der Waals surface area (Å²) >= 11 is 0. The Kier molecular flexibility index (Phi) is 6.07. The number of piperidine rings is 1. The summed E-state index contributed by atoms with van der Waals surface area (Å²) in [5.41, 5.74) is 2.86. The Hall–Kier alpha value is -3.32. The molecule has 0 aliphatic carbocycles. The lowest BCUT2D eigenvalue weighted by Gasteiger charge is -2.32. The van der Waals surface area contributed by atoms with Crippen LogP contribution in [0.4, 0.5) is 11.5 Å². The van der Waals surface area contributed by atoms with E-state index in [0.717, 1.165) is 54.3 Å². The minimum Gasteiger partial charge on any atom is -0.368 e. The molecule has 1 atom stereocenters. The molecule has 0 saturated carbocycles. The van der Waals surface area contributed by atoms with Crippen molar-refractivity contribution in [2.75, 3.05) is 25.0 Å². The Balaban J connectivity index is 1.37. The van der Waals surface area contributed by atoms with Crippen molar-refractivity contribution in [3.63, 3.8) is 0 Å². The lowest BCUT2D eigenvalue weighted by molar-refractivity contribution is -0.142. The third-order valence-electron chi connectivity index (χ3n) is 6.14. The summed E-state index contributed by atoms with van der Waals surface area (Å²) in [4.78, 5) is 28.5. The van der Waals surface area contributed by atoms with Gasteiger partial charge in [-0.3, -0.25) is 9.78 Å². The molecule has 7 nitrogen and oxygen atoms in total. The molecule has 1 amide bonds. The lowest BCUT2D eigenvalue weighted by Crippen LogP contribution is -2.43. The second kappa shape index (κ2) is 9.44. The van der Waals surface area contributed by atoms with Gasteiger partial charge in [-0.25, -0.2) is 9.97 Å². The van der Waals surface area contributed by atoms with Crippen LogP contribution in [0.2, 0.25) is 0 Å². The molecule has 2 aliphatic heterocycles. The molecule has 2 aromatic heterocycles. The molecule has 3 aromatic rings. The average Bonchev–Trinajstić information content (AvgIpc) is 3.40. The fourth-order valence-electron chi connectivity index (χ4n) is 4.39. The van der Waals surface area contributed by atoms with Crippen LogP contribution in [-0.2, 0) is 9.53 Å². The quantitative estimate of drug-likeness (QED) is 0.656. The summed E-state index contributed by atoms with van der Waals surface area (Å²) in [7, 11) is 0. The van der Waals surface area contributed by atoms with Crippen LogP contribution in [0.3, 0.4) is 0 Å². The van der Waals surface area contributed by atoms with Crippen LogP contribution in [0.15, 0.2) is 60.9 Å². The number of nitrogens with zero attached hydrogens (tertiary/aromatic N) is 4. The van der Waals surface area contributed by atoms with Gasteiger partial charge in [-0.05, 0) is 49.9 Å². The Morgan fingerprint density at radius 2 is 1.78 bits per heavy atom. The van der Waals surface area contributed by atoms with E-state index in [2.05, 4.69) is 10.3 Å². The number of carbonyl (C=O) groups is 1. The number of hydrogen-bond acceptors (Lipinski definition) is 6. The number of anilines is 2. The van der Waals surface area contributed by atoms with E-state index in [1.807, 2.05) is 53.4 Å². The van der Waals surface area contributed by atoms with Crippen molar-refractivity contribution in [2.24, 2.45) is 0 Å². The summed E-state index contributed by atoms with van der Waals surface area (Å²) < 4.78 is 5.59. The van der Waals surface area contributed by atoms with E-state index >= 15 is 0 Å². The number of aromatic nitrogens is 3. The van der Waals surface area contributed by atoms with Crippen LogP contribution < -0.4 is 5.32 Å². The molecule has 5 rings (SSSR count). The number of ether oxygens (including phenoxy) is 1. The Morgan fingerprint density at radius 3 is 2.50 bits per heavy atom. The van der Waals surface area contributed by atoms with Crippen LogP contribution in [0.5, 0.6) is 0 Å². The molecule has 0 radical (unpaired) electrons. The van der Waals surface area contributed by atoms with Crippen LogP contribution in [-0.4, -0.2) is 51.6 Å². The molecule has 164 valence electrons. The van der Waals surface area contributed by atoms with Crippen molar-refractivity contribution in [1.82, 2.24) is 19.9 Å². The predicted molar refractivity (Wildman–Crippen MR) is 123 cm³/mol. The third kappa shape index (κ3) is 4.62. The Bertz CT molecular complexity index is 1050. The number of pyridine rings is 1.